The number of amides is 1. The molecule has 0 radical (unpaired) electrons. The van der Waals surface area contributed by atoms with Crippen molar-refractivity contribution in [3.8, 4) is 0 Å². The van der Waals surface area contributed by atoms with E-state index in [4.69, 9.17) is 9.47 Å². The number of esters is 2. The first-order valence-corrected chi connectivity index (χ1v) is 11.1. The van der Waals surface area contributed by atoms with Crippen LogP contribution in [-0.2, 0) is 19.1 Å². The number of carbonyl (C=O) groups excluding carboxylic acids is 3. The molecule has 7 nitrogen and oxygen atoms in total. The largest absolute Gasteiger partial charge is 0.465 e. The number of hydrogen-bond acceptors (Lipinski definition) is 9. The van der Waals surface area contributed by atoms with Gasteiger partial charge in [0.1, 0.15) is 5.00 Å². The molecule has 3 aromatic rings. The summed E-state index contributed by atoms with van der Waals surface area (Å²) in [4.78, 5) is 41.4. The molecule has 1 N–H and O–H groups in total. The summed E-state index contributed by atoms with van der Waals surface area (Å²) in [7, 11) is 1.28. The zero-order chi connectivity index (χ0) is 21.0. The third kappa shape index (κ3) is 5.14. The molecule has 152 valence electrons. The van der Waals surface area contributed by atoms with Crippen LogP contribution in [0.4, 0.5) is 5.00 Å². The molecule has 0 bridgehead atoms. The summed E-state index contributed by atoms with van der Waals surface area (Å²) in [5.74, 6) is -1.50. The van der Waals surface area contributed by atoms with Crippen LogP contribution in [0.1, 0.15) is 20.8 Å². The number of aryl methyl sites for hydroxylation is 1. The maximum atomic E-state index is 12.1. The molecule has 2 aromatic heterocycles. The molecule has 0 atom stereocenters. The maximum Gasteiger partial charge on any atom is 0.341 e. The van der Waals surface area contributed by atoms with Gasteiger partial charge in [-0.15, -0.1) is 22.7 Å². The first-order valence-electron chi connectivity index (χ1n) is 8.51. The van der Waals surface area contributed by atoms with Gasteiger partial charge in [0, 0.05) is 4.88 Å². The highest BCUT2D eigenvalue weighted by atomic mass is 32.2. The number of fused-ring (bicyclic) bond motifs is 1. The molecule has 0 aliphatic rings. The van der Waals surface area contributed by atoms with E-state index in [-0.39, 0.29) is 5.75 Å². The van der Waals surface area contributed by atoms with E-state index in [9.17, 15) is 14.4 Å². The number of rotatable bonds is 7. The van der Waals surface area contributed by atoms with Crippen molar-refractivity contribution in [1.29, 1.82) is 0 Å². The predicted octanol–water partition coefficient (Wildman–Crippen LogP) is 4.04. The fourth-order valence-corrected chi connectivity index (χ4v) is 5.38. The zero-order valence-corrected chi connectivity index (χ0v) is 18.4. The number of thioether (sulfide) groups is 1. The van der Waals surface area contributed by atoms with E-state index in [1.807, 2.05) is 31.2 Å². The quantitative estimate of drug-likeness (QED) is 0.429. The molecule has 0 aliphatic carbocycles. The van der Waals surface area contributed by atoms with Crippen molar-refractivity contribution >= 4 is 67.5 Å². The highest BCUT2D eigenvalue weighted by Gasteiger charge is 2.22. The van der Waals surface area contributed by atoms with Crippen molar-refractivity contribution in [1.82, 2.24) is 4.98 Å². The molecule has 1 amide bonds. The lowest BCUT2D eigenvalue weighted by atomic mass is 10.1. The minimum absolute atomic E-state index is 0.0533. The summed E-state index contributed by atoms with van der Waals surface area (Å²) in [6.45, 7) is 3.20. The van der Waals surface area contributed by atoms with Crippen LogP contribution >= 0.6 is 34.4 Å². The molecule has 0 aliphatic heterocycles. The summed E-state index contributed by atoms with van der Waals surface area (Å²) in [5.41, 5.74) is 1.96. The maximum absolute atomic E-state index is 12.1. The number of anilines is 1. The number of methoxy groups -OCH3 is 1. The Bertz CT molecular complexity index is 1040. The fraction of sp³-hybridized carbons (Fsp3) is 0.263. The van der Waals surface area contributed by atoms with Crippen LogP contribution in [0, 0.1) is 13.8 Å². The topological polar surface area (TPSA) is 94.6 Å². The summed E-state index contributed by atoms with van der Waals surface area (Å²) in [5, 5.41) is 3.00. The van der Waals surface area contributed by atoms with Gasteiger partial charge in [-0.1, -0.05) is 23.9 Å². The van der Waals surface area contributed by atoms with Crippen molar-refractivity contribution in [2.45, 2.75) is 18.2 Å². The molecule has 1 aromatic carbocycles. The number of hydrogen-bond donors (Lipinski definition) is 1. The summed E-state index contributed by atoms with van der Waals surface area (Å²) >= 11 is 4.04. The van der Waals surface area contributed by atoms with Gasteiger partial charge < -0.3 is 14.8 Å². The van der Waals surface area contributed by atoms with E-state index >= 15 is 0 Å². The van der Waals surface area contributed by atoms with Crippen molar-refractivity contribution < 1.29 is 23.9 Å². The minimum atomic E-state index is -0.522. The molecule has 0 unspecified atom stereocenters. The lowest BCUT2D eigenvalue weighted by Gasteiger charge is -2.07. The molecule has 0 spiro atoms. The molecule has 10 heteroatoms. The van der Waals surface area contributed by atoms with E-state index in [2.05, 4.69) is 10.3 Å². The van der Waals surface area contributed by atoms with Gasteiger partial charge in [0.05, 0.1) is 28.6 Å². The van der Waals surface area contributed by atoms with Gasteiger partial charge in [-0.05, 0) is 31.5 Å². The molecular weight excluding hydrogens is 432 g/mol. The van der Waals surface area contributed by atoms with Crippen LogP contribution in [0.25, 0.3) is 10.2 Å². The molecule has 0 saturated carbocycles. The first kappa shape index (κ1) is 21.3. The molecular formula is C19H18N2O5S3. The third-order valence-electron chi connectivity index (χ3n) is 3.98. The van der Waals surface area contributed by atoms with Crippen LogP contribution in [0.2, 0.25) is 0 Å². The molecule has 3 rings (SSSR count). The van der Waals surface area contributed by atoms with Crippen molar-refractivity contribution in [3.63, 3.8) is 0 Å². The third-order valence-corrected chi connectivity index (χ3v) is 7.26. The van der Waals surface area contributed by atoms with E-state index in [1.54, 1.807) is 6.92 Å². The Hall–Kier alpha value is -2.43. The SMILES string of the molecule is COC(=O)c1c(NC(=O)COC(=O)CSc2nc3ccccc3s2)sc(C)c1C. The van der Waals surface area contributed by atoms with Crippen LogP contribution in [-0.4, -0.2) is 42.3 Å². The standard InChI is InChI=1S/C19H18N2O5S3/c1-10-11(2)28-17(16(10)18(24)25-3)21-14(22)8-26-15(23)9-27-19-20-12-6-4-5-7-13(12)29-19/h4-7H,8-9H2,1-3H3,(H,21,22). The number of thiophene rings is 1. The average Bonchev–Trinajstić information content (AvgIpc) is 3.24. The summed E-state index contributed by atoms with van der Waals surface area (Å²) < 4.78 is 11.6. The van der Waals surface area contributed by atoms with Crippen molar-refractivity contribution in [2.24, 2.45) is 0 Å². The smallest absolute Gasteiger partial charge is 0.341 e. The van der Waals surface area contributed by atoms with Gasteiger partial charge in [-0.3, -0.25) is 9.59 Å². The predicted molar refractivity (Wildman–Crippen MR) is 115 cm³/mol. The Labute approximate surface area is 179 Å². The van der Waals surface area contributed by atoms with Crippen LogP contribution in [0.15, 0.2) is 28.6 Å². The molecule has 29 heavy (non-hydrogen) atoms. The summed E-state index contributed by atoms with van der Waals surface area (Å²) in [6.07, 6.45) is 0. The Balaban J connectivity index is 1.51. The van der Waals surface area contributed by atoms with Crippen molar-refractivity contribution in [2.75, 3.05) is 24.8 Å². The van der Waals surface area contributed by atoms with Gasteiger partial charge in [0.15, 0.2) is 10.9 Å². The van der Waals surface area contributed by atoms with Gasteiger partial charge in [0.25, 0.3) is 5.91 Å². The molecule has 0 fully saturated rings. The number of para-hydroxylation sites is 1. The van der Waals surface area contributed by atoms with E-state index in [1.165, 1.54) is 41.5 Å². The zero-order valence-electron chi connectivity index (χ0n) is 15.9. The minimum Gasteiger partial charge on any atom is -0.465 e. The van der Waals surface area contributed by atoms with Crippen molar-refractivity contribution in [3.05, 3.63) is 40.3 Å². The molecule has 0 saturated heterocycles. The second-order valence-corrected chi connectivity index (χ2v) is 9.40. The molecule has 2 heterocycles. The Morgan fingerprint density at radius 2 is 1.93 bits per heavy atom. The van der Waals surface area contributed by atoms with Crippen LogP contribution < -0.4 is 5.32 Å². The van der Waals surface area contributed by atoms with E-state index < -0.39 is 24.5 Å². The number of nitrogens with one attached hydrogen (secondary N) is 1. The highest BCUT2D eigenvalue weighted by Crippen LogP contribution is 2.33. The number of carbonyl (C=O) groups is 3. The number of benzene rings is 1. The fourth-order valence-electron chi connectivity index (χ4n) is 2.45. The second-order valence-electron chi connectivity index (χ2n) is 5.92. The van der Waals surface area contributed by atoms with Gasteiger partial charge in [0.2, 0.25) is 0 Å². The van der Waals surface area contributed by atoms with Gasteiger partial charge in [-0.25, -0.2) is 9.78 Å². The average molecular weight is 451 g/mol. The van der Waals surface area contributed by atoms with E-state index in [0.717, 1.165) is 25.0 Å². The van der Waals surface area contributed by atoms with Crippen LogP contribution in [0.5, 0.6) is 0 Å². The number of thiazole rings is 1. The monoisotopic (exact) mass is 450 g/mol. The number of aromatic nitrogens is 1. The lowest BCUT2D eigenvalue weighted by molar-refractivity contribution is -0.144. The number of ether oxygens (including phenoxy) is 2. The first-order chi connectivity index (χ1) is 13.9. The van der Waals surface area contributed by atoms with E-state index in [0.29, 0.717) is 10.6 Å². The lowest BCUT2D eigenvalue weighted by Crippen LogP contribution is -2.22. The van der Waals surface area contributed by atoms with Gasteiger partial charge in [-0.2, -0.15) is 0 Å². The van der Waals surface area contributed by atoms with Gasteiger partial charge >= 0.3 is 11.9 Å². The number of nitrogens with zero attached hydrogens (tertiary/aromatic N) is 1. The second kappa shape index (κ2) is 9.38. The summed E-state index contributed by atoms with van der Waals surface area (Å²) in [6, 6.07) is 7.72. The van der Waals surface area contributed by atoms with Crippen LogP contribution in [0.3, 0.4) is 0 Å². The Morgan fingerprint density at radius 1 is 1.17 bits per heavy atom. The highest BCUT2D eigenvalue weighted by molar-refractivity contribution is 8.01. The normalized spacial score (nSPS) is 10.7. The Morgan fingerprint density at radius 3 is 2.66 bits per heavy atom. The Kier molecular flexibility index (Phi) is 6.88.